The highest BCUT2D eigenvalue weighted by molar-refractivity contribution is 7.88. The molecule has 0 atom stereocenters. The first-order valence-corrected chi connectivity index (χ1v) is 10.9. The number of nitrogens with zero attached hydrogens (tertiary/aromatic N) is 5. The molecule has 2 aromatic rings. The van der Waals surface area contributed by atoms with Gasteiger partial charge in [-0.15, -0.1) is 5.10 Å². The molecule has 2 aliphatic rings. The Morgan fingerprint density at radius 2 is 1.93 bits per heavy atom. The summed E-state index contributed by atoms with van der Waals surface area (Å²) in [5, 5.41) is 14.9. The lowest BCUT2D eigenvalue weighted by Crippen LogP contribution is -2.40. The van der Waals surface area contributed by atoms with Crippen LogP contribution in [0.4, 0.5) is 5.69 Å². The van der Waals surface area contributed by atoms with Crippen molar-refractivity contribution < 1.29 is 13.2 Å². The molecule has 1 aromatic heterocycles. The van der Waals surface area contributed by atoms with Crippen molar-refractivity contribution in [3.8, 4) is 11.4 Å². The number of aromatic nitrogens is 4. The highest BCUT2D eigenvalue weighted by Gasteiger charge is 2.30. The van der Waals surface area contributed by atoms with Gasteiger partial charge in [-0.25, -0.2) is 17.4 Å². The van der Waals surface area contributed by atoms with E-state index in [4.69, 9.17) is 0 Å². The van der Waals surface area contributed by atoms with E-state index in [0.29, 0.717) is 43.5 Å². The van der Waals surface area contributed by atoms with Gasteiger partial charge >= 0.3 is 0 Å². The number of carbonyl (C=O) groups is 1. The first-order chi connectivity index (χ1) is 12.9. The molecular formula is C17H22N6O3S. The average molecular weight is 390 g/mol. The zero-order valence-corrected chi connectivity index (χ0v) is 15.9. The summed E-state index contributed by atoms with van der Waals surface area (Å²) in [6.45, 7) is 0.764. The van der Waals surface area contributed by atoms with Crippen LogP contribution in [0.5, 0.6) is 0 Å². The highest BCUT2D eigenvalue weighted by atomic mass is 32.2. The Hall–Kier alpha value is -2.33. The molecule has 144 valence electrons. The third kappa shape index (κ3) is 4.01. The fourth-order valence-corrected chi connectivity index (χ4v) is 4.25. The number of hydrogen-bond acceptors (Lipinski definition) is 6. The maximum Gasteiger partial charge on any atom is 0.227 e. The van der Waals surface area contributed by atoms with Crippen LogP contribution >= 0.6 is 0 Å². The van der Waals surface area contributed by atoms with Gasteiger partial charge in [0.25, 0.3) is 0 Å². The maximum atomic E-state index is 12.6. The summed E-state index contributed by atoms with van der Waals surface area (Å²) in [4.78, 5) is 12.6. The van der Waals surface area contributed by atoms with Crippen molar-refractivity contribution >= 4 is 21.6 Å². The second-order valence-electron chi connectivity index (χ2n) is 7.18. The first-order valence-electron chi connectivity index (χ1n) is 9.06. The van der Waals surface area contributed by atoms with Crippen LogP contribution in [0.25, 0.3) is 11.4 Å². The molecule has 1 saturated carbocycles. The molecule has 1 N–H and O–H groups in total. The number of anilines is 1. The van der Waals surface area contributed by atoms with Crippen LogP contribution in [-0.4, -0.2) is 58.2 Å². The van der Waals surface area contributed by atoms with Gasteiger partial charge in [-0.2, -0.15) is 0 Å². The van der Waals surface area contributed by atoms with E-state index in [0.717, 1.165) is 18.4 Å². The number of benzene rings is 1. The minimum Gasteiger partial charge on any atom is -0.326 e. The molecule has 1 saturated heterocycles. The molecule has 1 aromatic carbocycles. The fourth-order valence-electron chi connectivity index (χ4n) is 3.38. The van der Waals surface area contributed by atoms with E-state index < -0.39 is 10.0 Å². The zero-order valence-electron chi connectivity index (χ0n) is 15.1. The second-order valence-corrected chi connectivity index (χ2v) is 9.17. The van der Waals surface area contributed by atoms with E-state index in [2.05, 4.69) is 20.8 Å². The topological polar surface area (TPSA) is 110 Å². The number of amides is 1. The molecule has 2 fully saturated rings. The van der Waals surface area contributed by atoms with Crippen molar-refractivity contribution in [1.29, 1.82) is 0 Å². The number of piperidine rings is 1. The van der Waals surface area contributed by atoms with Gasteiger partial charge in [-0.3, -0.25) is 4.79 Å². The van der Waals surface area contributed by atoms with Crippen molar-refractivity contribution in [3.05, 3.63) is 24.3 Å². The van der Waals surface area contributed by atoms with Gasteiger partial charge in [0, 0.05) is 30.3 Å². The molecule has 4 rings (SSSR count). The molecule has 0 spiro atoms. The van der Waals surface area contributed by atoms with E-state index >= 15 is 0 Å². The molecule has 0 unspecified atom stereocenters. The Balaban J connectivity index is 1.43. The van der Waals surface area contributed by atoms with E-state index in [1.165, 1.54) is 10.6 Å². The number of rotatable bonds is 5. The van der Waals surface area contributed by atoms with Crippen molar-refractivity contribution in [1.82, 2.24) is 24.5 Å². The normalized spacial score (nSPS) is 19.1. The molecule has 1 aliphatic carbocycles. The summed E-state index contributed by atoms with van der Waals surface area (Å²) in [5.74, 6) is 0.431. The summed E-state index contributed by atoms with van der Waals surface area (Å²) < 4.78 is 26.4. The lowest BCUT2D eigenvalue weighted by Gasteiger charge is -2.29. The quantitative estimate of drug-likeness (QED) is 0.824. The monoisotopic (exact) mass is 390 g/mol. The molecule has 1 aliphatic heterocycles. The van der Waals surface area contributed by atoms with Crippen LogP contribution in [0.3, 0.4) is 0 Å². The van der Waals surface area contributed by atoms with Gasteiger partial charge in [0.05, 0.1) is 12.3 Å². The maximum absolute atomic E-state index is 12.6. The lowest BCUT2D eigenvalue weighted by molar-refractivity contribution is -0.120. The number of tetrazole rings is 1. The summed E-state index contributed by atoms with van der Waals surface area (Å²) in [6, 6.07) is 7.86. The predicted molar refractivity (Wildman–Crippen MR) is 99.3 cm³/mol. The summed E-state index contributed by atoms with van der Waals surface area (Å²) in [5.41, 5.74) is 1.55. The standard InChI is InChI=1S/C17H22N6O3S/c1-27(25,26)22-9-7-12(8-10-22)17(24)18-14-4-2-3-13(11-14)16-19-20-21-23(16)15-5-6-15/h2-4,11-12,15H,5-10H2,1H3,(H,18,24). The summed E-state index contributed by atoms with van der Waals surface area (Å²) >= 11 is 0. The Morgan fingerprint density at radius 1 is 1.19 bits per heavy atom. The molecular weight excluding hydrogens is 368 g/mol. The van der Waals surface area contributed by atoms with E-state index in [1.807, 2.05) is 28.9 Å². The first kappa shape index (κ1) is 18.1. The smallest absolute Gasteiger partial charge is 0.227 e. The van der Waals surface area contributed by atoms with Crippen LogP contribution in [0.1, 0.15) is 31.7 Å². The average Bonchev–Trinajstić information content (AvgIpc) is 3.38. The van der Waals surface area contributed by atoms with Crippen molar-refractivity contribution in [2.45, 2.75) is 31.7 Å². The Labute approximate surface area is 157 Å². The van der Waals surface area contributed by atoms with Crippen molar-refractivity contribution in [2.24, 2.45) is 5.92 Å². The Kier molecular flexibility index (Phi) is 4.68. The minimum atomic E-state index is -3.19. The van der Waals surface area contributed by atoms with Gasteiger partial charge in [0.15, 0.2) is 5.82 Å². The van der Waals surface area contributed by atoms with Gasteiger partial charge in [-0.1, -0.05) is 12.1 Å². The molecule has 2 heterocycles. The molecule has 10 heteroatoms. The van der Waals surface area contributed by atoms with Crippen LogP contribution in [-0.2, 0) is 14.8 Å². The zero-order chi connectivity index (χ0) is 19.0. The Morgan fingerprint density at radius 3 is 2.59 bits per heavy atom. The summed E-state index contributed by atoms with van der Waals surface area (Å²) in [7, 11) is -3.19. The fraction of sp³-hybridized carbons (Fsp3) is 0.529. The van der Waals surface area contributed by atoms with Crippen LogP contribution in [0.2, 0.25) is 0 Å². The Bertz CT molecular complexity index is 945. The van der Waals surface area contributed by atoms with Crippen molar-refractivity contribution in [3.63, 3.8) is 0 Å². The SMILES string of the molecule is CS(=O)(=O)N1CCC(C(=O)Nc2cccc(-c3nnnn3C3CC3)c2)CC1. The van der Waals surface area contributed by atoms with Crippen molar-refractivity contribution in [2.75, 3.05) is 24.7 Å². The molecule has 27 heavy (non-hydrogen) atoms. The highest BCUT2D eigenvalue weighted by Crippen LogP contribution is 2.36. The number of nitrogens with one attached hydrogen (secondary N) is 1. The summed E-state index contributed by atoms with van der Waals surface area (Å²) in [6.07, 6.45) is 4.42. The van der Waals surface area contributed by atoms with Gasteiger partial charge in [0.2, 0.25) is 15.9 Å². The van der Waals surface area contributed by atoms with E-state index in [9.17, 15) is 13.2 Å². The molecule has 0 radical (unpaired) electrons. The lowest BCUT2D eigenvalue weighted by atomic mass is 9.97. The molecule has 9 nitrogen and oxygen atoms in total. The van der Waals surface area contributed by atoms with E-state index in [1.54, 1.807) is 0 Å². The largest absolute Gasteiger partial charge is 0.326 e. The van der Waals surface area contributed by atoms with Crippen LogP contribution < -0.4 is 5.32 Å². The third-order valence-electron chi connectivity index (χ3n) is 5.07. The van der Waals surface area contributed by atoms with Gasteiger partial charge in [0.1, 0.15) is 0 Å². The van der Waals surface area contributed by atoms with E-state index in [-0.39, 0.29) is 11.8 Å². The van der Waals surface area contributed by atoms with Gasteiger partial charge < -0.3 is 5.32 Å². The molecule has 0 bridgehead atoms. The second kappa shape index (κ2) is 7.01. The van der Waals surface area contributed by atoms with Crippen LogP contribution in [0.15, 0.2) is 24.3 Å². The number of carbonyl (C=O) groups excluding carboxylic acids is 1. The predicted octanol–water partition coefficient (Wildman–Crippen LogP) is 1.29. The number of hydrogen-bond donors (Lipinski definition) is 1. The third-order valence-corrected chi connectivity index (χ3v) is 6.37. The van der Waals surface area contributed by atoms with Crippen LogP contribution in [0, 0.1) is 5.92 Å². The van der Waals surface area contributed by atoms with Gasteiger partial charge in [-0.05, 0) is 48.2 Å². The molecule has 1 amide bonds. The minimum absolute atomic E-state index is 0.0814. The number of sulfonamides is 1.